The van der Waals surface area contributed by atoms with Gasteiger partial charge in [-0.15, -0.1) is 0 Å². The zero-order valence-corrected chi connectivity index (χ0v) is 16.4. The summed E-state index contributed by atoms with van der Waals surface area (Å²) in [6.45, 7) is 4.39. The lowest BCUT2D eigenvalue weighted by Gasteiger charge is -2.32. The highest BCUT2D eigenvalue weighted by Crippen LogP contribution is 2.37. The number of benzene rings is 2. The summed E-state index contributed by atoms with van der Waals surface area (Å²) < 4.78 is 29.8. The Morgan fingerprint density at radius 2 is 2.03 bits per heavy atom. The van der Waals surface area contributed by atoms with Crippen molar-refractivity contribution in [3.8, 4) is 5.75 Å². The number of esters is 1. The van der Waals surface area contributed by atoms with E-state index in [1.165, 1.54) is 19.2 Å². The maximum absolute atomic E-state index is 13.6. The van der Waals surface area contributed by atoms with Crippen molar-refractivity contribution in [2.24, 2.45) is 0 Å². The molecule has 4 rings (SSSR count). The summed E-state index contributed by atoms with van der Waals surface area (Å²) in [4.78, 5) is 26.0. The summed E-state index contributed by atoms with van der Waals surface area (Å²) in [5.74, 6) is -0.156. The minimum Gasteiger partial charge on any atom is -0.472 e. The number of carbonyl (C=O) groups excluding carboxylic acids is 1. The predicted octanol–water partition coefficient (Wildman–Crippen LogP) is 3.62. The molecule has 0 N–H and O–H groups in total. The highest BCUT2D eigenvalue weighted by molar-refractivity contribution is 5.88. The first-order valence-electron chi connectivity index (χ1n) is 9.18. The van der Waals surface area contributed by atoms with Crippen molar-refractivity contribution in [3.63, 3.8) is 0 Å². The number of fused-ring (bicyclic) bond motifs is 2. The van der Waals surface area contributed by atoms with Gasteiger partial charge in [0.2, 0.25) is 0 Å². The fourth-order valence-electron chi connectivity index (χ4n) is 3.70. The fourth-order valence-corrected chi connectivity index (χ4v) is 3.70. The van der Waals surface area contributed by atoms with Crippen LogP contribution in [0.5, 0.6) is 5.75 Å². The smallest absolute Gasteiger partial charge is 0.340 e. The molecule has 2 aromatic carbocycles. The van der Waals surface area contributed by atoms with Crippen molar-refractivity contribution < 1.29 is 23.1 Å². The van der Waals surface area contributed by atoms with Crippen LogP contribution in [0.25, 0.3) is 11.0 Å². The third kappa shape index (κ3) is 3.33. The van der Waals surface area contributed by atoms with Crippen molar-refractivity contribution in [1.29, 1.82) is 0 Å². The summed E-state index contributed by atoms with van der Waals surface area (Å²) >= 11 is 0. The molecule has 1 aliphatic rings. The molecule has 0 saturated heterocycles. The number of rotatable bonds is 3. The van der Waals surface area contributed by atoms with Crippen LogP contribution in [0.3, 0.4) is 0 Å². The lowest BCUT2D eigenvalue weighted by molar-refractivity contribution is -0.139. The number of hydrogen-bond donors (Lipinski definition) is 0. The van der Waals surface area contributed by atoms with Gasteiger partial charge in [0.1, 0.15) is 17.1 Å². The van der Waals surface area contributed by atoms with Crippen molar-refractivity contribution >= 4 is 22.6 Å². The molecule has 0 spiro atoms. The first-order chi connectivity index (χ1) is 13.9. The van der Waals surface area contributed by atoms with Crippen molar-refractivity contribution in [2.75, 3.05) is 18.7 Å². The van der Waals surface area contributed by atoms with Gasteiger partial charge in [-0.1, -0.05) is 6.07 Å². The molecule has 29 heavy (non-hydrogen) atoms. The van der Waals surface area contributed by atoms with E-state index in [4.69, 9.17) is 9.15 Å². The lowest BCUT2D eigenvalue weighted by Crippen LogP contribution is -2.32. The molecule has 0 aliphatic carbocycles. The van der Waals surface area contributed by atoms with Gasteiger partial charge in [-0.05, 0) is 43.7 Å². The number of anilines is 1. The number of ether oxygens (including phenoxy) is 2. The van der Waals surface area contributed by atoms with Gasteiger partial charge in [0, 0.05) is 28.7 Å². The van der Waals surface area contributed by atoms with Crippen molar-refractivity contribution in [2.45, 2.75) is 26.8 Å². The van der Waals surface area contributed by atoms with E-state index in [1.807, 2.05) is 24.0 Å². The Morgan fingerprint density at radius 1 is 1.24 bits per heavy atom. The van der Waals surface area contributed by atoms with Crippen LogP contribution in [0.2, 0.25) is 0 Å². The molecule has 6 nitrogen and oxygen atoms in total. The van der Waals surface area contributed by atoms with Gasteiger partial charge in [-0.2, -0.15) is 0 Å². The number of nitrogens with zero attached hydrogens (tertiary/aromatic N) is 1. The molecule has 0 atom stereocenters. The number of methoxy groups -OCH3 is 1. The number of carbonyl (C=O) groups is 1. The van der Waals surface area contributed by atoms with Crippen molar-refractivity contribution in [1.82, 2.24) is 0 Å². The molecule has 7 heteroatoms. The van der Waals surface area contributed by atoms with E-state index in [1.54, 1.807) is 13.0 Å². The molecule has 0 saturated carbocycles. The molecular weight excluding hydrogens is 377 g/mol. The monoisotopic (exact) mass is 397 g/mol. The van der Waals surface area contributed by atoms with Gasteiger partial charge in [0.25, 0.3) is 0 Å². The third-order valence-corrected chi connectivity index (χ3v) is 5.28. The molecule has 0 unspecified atom stereocenters. The molecule has 1 aliphatic heterocycles. The quantitative estimate of drug-likeness (QED) is 0.497. The second-order valence-corrected chi connectivity index (χ2v) is 7.06. The average Bonchev–Trinajstić information content (AvgIpc) is 2.71. The molecular formula is C22H20FNO5. The first kappa shape index (κ1) is 19.0. The van der Waals surface area contributed by atoms with E-state index in [0.29, 0.717) is 23.4 Å². The summed E-state index contributed by atoms with van der Waals surface area (Å²) in [5.41, 5.74) is 3.18. The van der Waals surface area contributed by atoms with Gasteiger partial charge in [0.05, 0.1) is 19.1 Å². The molecule has 0 radical (unpaired) electrons. The minimum atomic E-state index is -0.555. The Balaban J connectivity index is 1.81. The van der Waals surface area contributed by atoms with E-state index in [-0.39, 0.29) is 24.5 Å². The van der Waals surface area contributed by atoms with Gasteiger partial charge in [-0.3, -0.25) is 4.79 Å². The largest absolute Gasteiger partial charge is 0.472 e. The third-order valence-electron chi connectivity index (χ3n) is 5.28. The molecule has 150 valence electrons. The fraction of sp³-hybridized carbons (Fsp3) is 0.273. The van der Waals surface area contributed by atoms with Crippen LogP contribution < -0.4 is 15.3 Å². The SMILES string of the molecule is COC(=O)Cc1c(C)c2cc3c(c(C)c2oc1=O)OCN(c1cccc(F)c1)C3. The minimum absolute atomic E-state index is 0.150. The van der Waals surface area contributed by atoms with E-state index in [0.717, 1.165) is 22.2 Å². The second-order valence-electron chi connectivity index (χ2n) is 7.06. The molecule has 0 bridgehead atoms. The molecule has 0 fully saturated rings. The van der Waals surface area contributed by atoms with E-state index in [9.17, 15) is 14.0 Å². The highest BCUT2D eigenvalue weighted by atomic mass is 19.1. The number of halogens is 1. The van der Waals surface area contributed by atoms with Crippen molar-refractivity contribution in [3.05, 3.63) is 68.8 Å². The zero-order valence-electron chi connectivity index (χ0n) is 16.4. The van der Waals surface area contributed by atoms with Crippen LogP contribution in [0.15, 0.2) is 39.5 Å². The topological polar surface area (TPSA) is 69.0 Å². The maximum atomic E-state index is 13.6. The van der Waals surface area contributed by atoms with Gasteiger partial charge >= 0.3 is 11.6 Å². The summed E-state index contributed by atoms with van der Waals surface area (Å²) in [6.07, 6.45) is -0.150. The van der Waals surface area contributed by atoms with Crippen LogP contribution in [-0.4, -0.2) is 19.8 Å². The average molecular weight is 397 g/mol. The molecule has 1 aromatic heterocycles. The highest BCUT2D eigenvalue weighted by Gasteiger charge is 2.24. The molecule has 3 aromatic rings. The molecule has 2 heterocycles. The zero-order chi connectivity index (χ0) is 20.7. The summed E-state index contributed by atoms with van der Waals surface area (Å²) in [7, 11) is 1.28. The number of hydrogen-bond acceptors (Lipinski definition) is 6. The Kier molecular flexibility index (Phi) is 4.74. The van der Waals surface area contributed by atoms with Crippen LogP contribution in [0.4, 0.5) is 10.1 Å². The van der Waals surface area contributed by atoms with E-state index < -0.39 is 11.6 Å². The van der Waals surface area contributed by atoms with Crippen LogP contribution in [0.1, 0.15) is 22.3 Å². The normalized spacial score (nSPS) is 13.2. The standard InChI is InChI=1S/C22H20FNO5/c1-12-17-7-14-10-24(16-6-4-5-15(23)8-16)11-28-20(14)13(2)21(17)29-22(26)18(12)9-19(25)27-3/h4-8H,9-11H2,1-3H3. The lowest BCUT2D eigenvalue weighted by atomic mass is 9.97. The Labute approximate surface area is 166 Å². The second kappa shape index (κ2) is 7.24. The van der Waals surface area contributed by atoms with Gasteiger partial charge in [0.15, 0.2) is 6.73 Å². The van der Waals surface area contributed by atoms with E-state index in [2.05, 4.69) is 4.74 Å². The van der Waals surface area contributed by atoms with E-state index >= 15 is 0 Å². The Bertz CT molecular complexity index is 1180. The summed E-state index contributed by atoms with van der Waals surface area (Å²) in [5, 5.41) is 0.740. The molecule has 0 amide bonds. The Morgan fingerprint density at radius 3 is 2.76 bits per heavy atom. The van der Waals surface area contributed by atoms with Crippen LogP contribution in [-0.2, 0) is 22.5 Å². The number of aryl methyl sites for hydroxylation is 2. The first-order valence-corrected chi connectivity index (χ1v) is 9.18. The predicted molar refractivity (Wildman–Crippen MR) is 106 cm³/mol. The Hall–Kier alpha value is -3.35. The van der Waals surface area contributed by atoms with Gasteiger partial charge < -0.3 is 18.8 Å². The maximum Gasteiger partial charge on any atom is 0.340 e. The summed E-state index contributed by atoms with van der Waals surface area (Å²) in [6, 6.07) is 8.24. The van der Waals surface area contributed by atoms with Crippen LogP contribution in [0, 0.1) is 19.7 Å². The van der Waals surface area contributed by atoms with Crippen LogP contribution >= 0.6 is 0 Å². The van der Waals surface area contributed by atoms with Gasteiger partial charge in [-0.25, -0.2) is 9.18 Å².